The zero-order chi connectivity index (χ0) is 17.7. The quantitative estimate of drug-likeness (QED) is 0.708. The molecule has 5 rings (SSSR count). The van der Waals surface area contributed by atoms with Crippen LogP contribution in [0.15, 0.2) is 60.8 Å². The lowest BCUT2D eigenvalue weighted by Crippen LogP contribution is -2.07. The predicted octanol–water partition coefficient (Wildman–Crippen LogP) is 4.05. The van der Waals surface area contributed by atoms with Gasteiger partial charge in [0.2, 0.25) is 0 Å². The second-order valence-corrected chi connectivity index (χ2v) is 6.96. The monoisotopic (exact) mass is 347 g/mol. The number of hydrogen-bond acceptors (Lipinski definition) is 4. The Bertz CT molecular complexity index is 937. The van der Waals surface area contributed by atoms with Gasteiger partial charge in [-0.1, -0.05) is 42.5 Å². The lowest BCUT2D eigenvalue weighted by atomic mass is 10.0. The summed E-state index contributed by atoms with van der Waals surface area (Å²) in [6, 6.07) is 18.9. The van der Waals surface area contributed by atoms with Crippen molar-refractivity contribution in [2.45, 2.75) is 31.5 Å². The molecule has 2 fully saturated rings. The van der Waals surface area contributed by atoms with E-state index in [1.165, 1.54) is 16.7 Å². The van der Waals surface area contributed by atoms with Gasteiger partial charge in [-0.25, -0.2) is 0 Å². The number of benzene rings is 2. The van der Waals surface area contributed by atoms with E-state index in [1.54, 1.807) is 6.20 Å². The molecule has 4 atom stereocenters. The maximum Gasteiger partial charge on any atom is 0.161 e. The number of aryl methyl sites for hydroxylation is 2. The van der Waals surface area contributed by atoms with Crippen LogP contribution in [-0.4, -0.2) is 16.0 Å². The number of anilines is 1. The van der Waals surface area contributed by atoms with Gasteiger partial charge < -0.3 is 14.8 Å². The molecule has 5 heteroatoms. The molecule has 0 bridgehead atoms. The molecule has 5 nitrogen and oxygen atoms in total. The first-order valence-electron chi connectivity index (χ1n) is 8.91. The van der Waals surface area contributed by atoms with Gasteiger partial charge in [0.05, 0.1) is 5.69 Å². The summed E-state index contributed by atoms with van der Waals surface area (Å²) < 4.78 is 13.5. The third-order valence-electron chi connectivity index (χ3n) is 5.14. The van der Waals surface area contributed by atoms with E-state index in [1.807, 2.05) is 23.9 Å². The molecule has 2 aromatic carbocycles. The molecule has 2 saturated heterocycles. The summed E-state index contributed by atoms with van der Waals surface area (Å²) in [5, 5.41) is 7.68. The van der Waals surface area contributed by atoms with Gasteiger partial charge in [-0.3, -0.25) is 4.68 Å². The highest BCUT2D eigenvalue weighted by Gasteiger charge is 2.43. The second-order valence-electron chi connectivity index (χ2n) is 6.96. The maximum atomic E-state index is 5.90. The van der Waals surface area contributed by atoms with Crippen molar-refractivity contribution < 1.29 is 9.47 Å². The van der Waals surface area contributed by atoms with E-state index in [0.717, 1.165) is 11.4 Å². The SMILES string of the molecule is Cc1cc(C2OC2c2ccccc2)ccc1NC1OC1c1ccnn1C. The maximum absolute atomic E-state index is 5.90. The van der Waals surface area contributed by atoms with Crippen molar-refractivity contribution in [2.75, 3.05) is 5.32 Å². The van der Waals surface area contributed by atoms with Crippen LogP contribution in [0.3, 0.4) is 0 Å². The Labute approximate surface area is 152 Å². The Morgan fingerprint density at radius 3 is 2.46 bits per heavy atom. The highest BCUT2D eigenvalue weighted by atomic mass is 16.6. The summed E-state index contributed by atoms with van der Waals surface area (Å²) in [6.45, 7) is 2.12. The van der Waals surface area contributed by atoms with E-state index in [2.05, 4.69) is 59.8 Å². The summed E-state index contributed by atoms with van der Waals surface area (Å²) in [5.74, 6) is 0. The number of aromatic nitrogens is 2. The van der Waals surface area contributed by atoms with E-state index in [-0.39, 0.29) is 24.5 Å². The Balaban J connectivity index is 1.26. The molecule has 1 aromatic heterocycles. The fraction of sp³-hybridized carbons (Fsp3) is 0.286. The second kappa shape index (κ2) is 5.97. The topological polar surface area (TPSA) is 54.9 Å². The number of nitrogens with zero attached hydrogens (tertiary/aromatic N) is 2. The van der Waals surface area contributed by atoms with Crippen molar-refractivity contribution in [1.82, 2.24) is 9.78 Å². The minimum atomic E-state index is 0.00388. The van der Waals surface area contributed by atoms with Gasteiger partial charge in [-0.05, 0) is 35.7 Å². The lowest BCUT2D eigenvalue weighted by Gasteiger charge is -2.09. The minimum absolute atomic E-state index is 0.00388. The summed E-state index contributed by atoms with van der Waals surface area (Å²) in [6.07, 6.45) is 2.20. The van der Waals surface area contributed by atoms with E-state index in [0.29, 0.717) is 0 Å². The van der Waals surface area contributed by atoms with Crippen LogP contribution in [0.5, 0.6) is 0 Å². The van der Waals surface area contributed by atoms with Crippen molar-refractivity contribution in [3.05, 3.63) is 83.2 Å². The zero-order valence-corrected chi connectivity index (χ0v) is 14.8. The standard InChI is InChI=1S/C21H21N3O2/c1-13-12-15(19-18(25-19)14-6-4-3-5-7-14)8-9-16(13)23-21-20(26-21)17-10-11-22-24(17)2/h3-12,18-21,23H,1-2H3. The van der Waals surface area contributed by atoms with Gasteiger partial charge in [0.15, 0.2) is 6.23 Å². The van der Waals surface area contributed by atoms with Crippen LogP contribution >= 0.6 is 0 Å². The fourth-order valence-electron chi connectivity index (χ4n) is 3.55. The molecule has 0 aliphatic carbocycles. The van der Waals surface area contributed by atoms with E-state index < -0.39 is 0 Å². The molecule has 0 spiro atoms. The summed E-state index contributed by atoms with van der Waals surface area (Å²) in [5.41, 5.74) is 5.85. The first-order valence-corrected chi connectivity index (χ1v) is 8.91. The number of rotatable bonds is 5. The molecule has 0 radical (unpaired) electrons. The van der Waals surface area contributed by atoms with E-state index in [9.17, 15) is 0 Å². The molecule has 1 N–H and O–H groups in total. The Hall–Kier alpha value is -2.63. The summed E-state index contributed by atoms with van der Waals surface area (Å²) >= 11 is 0. The van der Waals surface area contributed by atoms with Crippen LogP contribution in [0, 0.1) is 6.92 Å². The third-order valence-corrected chi connectivity index (χ3v) is 5.14. The van der Waals surface area contributed by atoms with Crippen molar-refractivity contribution in [1.29, 1.82) is 0 Å². The van der Waals surface area contributed by atoms with Gasteiger partial charge in [0, 0.05) is 18.9 Å². The summed E-state index contributed by atoms with van der Waals surface area (Å²) in [4.78, 5) is 0. The Morgan fingerprint density at radius 2 is 1.73 bits per heavy atom. The first-order chi connectivity index (χ1) is 12.7. The van der Waals surface area contributed by atoms with Gasteiger partial charge >= 0.3 is 0 Å². The number of hydrogen-bond donors (Lipinski definition) is 1. The van der Waals surface area contributed by atoms with Crippen LogP contribution in [0.2, 0.25) is 0 Å². The van der Waals surface area contributed by atoms with Crippen LogP contribution in [0.1, 0.15) is 40.7 Å². The Morgan fingerprint density at radius 1 is 0.923 bits per heavy atom. The normalized spacial score (nSPS) is 26.5. The molecule has 0 saturated carbocycles. The van der Waals surface area contributed by atoms with Crippen molar-refractivity contribution in [3.8, 4) is 0 Å². The van der Waals surface area contributed by atoms with Gasteiger partial charge in [0.1, 0.15) is 18.3 Å². The summed E-state index contributed by atoms with van der Waals surface area (Å²) in [7, 11) is 1.94. The lowest BCUT2D eigenvalue weighted by molar-refractivity contribution is 0.377. The molecule has 3 aromatic rings. The molecule has 2 aliphatic rings. The molecule has 2 aliphatic heterocycles. The number of nitrogens with one attached hydrogen (secondary N) is 1. The van der Waals surface area contributed by atoms with Crippen LogP contribution in [0.4, 0.5) is 5.69 Å². The molecular formula is C21H21N3O2. The zero-order valence-electron chi connectivity index (χ0n) is 14.8. The minimum Gasteiger partial charge on any atom is -0.359 e. The van der Waals surface area contributed by atoms with Crippen LogP contribution in [-0.2, 0) is 16.5 Å². The molecule has 3 heterocycles. The fourth-order valence-corrected chi connectivity index (χ4v) is 3.55. The van der Waals surface area contributed by atoms with Gasteiger partial charge in [-0.2, -0.15) is 5.10 Å². The van der Waals surface area contributed by atoms with Gasteiger partial charge in [0.25, 0.3) is 0 Å². The molecule has 4 unspecified atom stereocenters. The van der Waals surface area contributed by atoms with E-state index in [4.69, 9.17) is 9.47 Å². The van der Waals surface area contributed by atoms with E-state index >= 15 is 0 Å². The molecule has 0 amide bonds. The third kappa shape index (κ3) is 2.79. The van der Waals surface area contributed by atoms with Crippen molar-refractivity contribution >= 4 is 5.69 Å². The van der Waals surface area contributed by atoms with Crippen LogP contribution in [0.25, 0.3) is 0 Å². The average molecular weight is 347 g/mol. The van der Waals surface area contributed by atoms with Gasteiger partial charge in [-0.15, -0.1) is 0 Å². The average Bonchev–Trinajstić information content (AvgIpc) is 3.56. The molecular weight excluding hydrogens is 326 g/mol. The first kappa shape index (κ1) is 15.6. The molecule has 132 valence electrons. The highest BCUT2D eigenvalue weighted by Crippen LogP contribution is 2.51. The van der Waals surface area contributed by atoms with Crippen molar-refractivity contribution in [3.63, 3.8) is 0 Å². The number of ether oxygens (including phenoxy) is 2. The smallest absolute Gasteiger partial charge is 0.161 e. The van der Waals surface area contributed by atoms with Crippen molar-refractivity contribution in [2.24, 2.45) is 7.05 Å². The Kier molecular flexibility index (Phi) is 3.58. The predicted molar refractivity (Wildman–Crippen MR) is 98.6 cm³/mol. The van der Waals surface area contributed by atoms with Crippen LogP contribution < -0.4 is 5.32 Å². The highest BCUT2D eigenvalue weighted by molar-refractivity contribution is 5.54. The largest absolute Gasteiger partial charge is 0.359 e. The number of epoxide rings is 2. The molecule has 26 heavy (non-hydrogen) atoms.